The summed E-state index contributed by atoms with van der Waals surface area (Å²) in [5, 5.41) is 2.69. The number of carbonyl (C=O) groups excluding carboxylic acids is 1. The molecular weight excluding hydrogens is 274 g/mol. The van der Waals surface area contributed by atoms with Gasteiger partial charge in [0.25, 0.3) is 0 Å². The van der Waals surface area contributed by atoms with Crippen LogP contribution in [-0.2, 0) is 11.2 Å². The van der Waals surface area contributed by atoms with Crippen molar-refractivity contribution in [1.29, 1.82) is 0 Å². The molecule has 0 aliphatic rings. The van der Waals surface area contributed by atoms with Gasteiger partial charge in [-0.1, -0.05) is 19.9 Å². The first-order valence-electron chi connectivity index (χ1n) is 7.28. The molecule has 0 saturated heterocycles. The Morgan fingerprint density at radius 1 is 1.29 bits per heavy atom. The number of likely N-dealkylation sites (N-methyl/N-ethyl adjacent to an activating group) is 1. The number of hydrogen-bond donors (Lipinski definition) is 1. The Labute approximate surface area is 125 Å². The number of nitrogens with zero attached hydrogens (tertiary/aromatic N) is 1. The third-order valence-corrected chi connectivity index (χ3v) is 3.26. The molecule has 0 aromatic heterocycles. The molecular formula is C16H24F2N2O. The fourth-order valence-electron chi connectivity index (χ4n) is 1.96. The quantitative estimate of drug-likeness (QED) is 0.800. The molecule has 0 heterocycles. The average molecular weight is 298 g/mol. The summed E-state index contributed by atoms with van der Waals surface area (Å²) in [6.07, 6.45) is 1.18. The van der Waals surface area contributed by atoms with Crippen LogP contribution in [0.1, 0.15) is 25.8 Å². The summed E-state index contributed by atoms with van der Waals surface area (Å²) < 4.78 is 26.8. The highest BCUT2D eigenvalue weighted by Gasteiger charge is 2.10. The third-order valence-electron chi connectivity index (χ3n) is 3.26. The zero-order valence-corrected chi connectivity index (χ0v) is 13.0. The maximum absolute atomic E-state index is 13.4. The SMILES string of the molecule is CC(C)CCN(C)CC(=O)NCCc1c(F)cccc1F. The maximum Gasteiger partial charge on any atom is 0.234 e. The highest BCUT2D eigenvalue weighted by molar-refractivity contribution is 5.77. The van der Waals surface area contributed by atoms with E-state index in [1.807, 2.05) is 11.9 Å². The largest absolute Gasteiger partial charge is 0.355 e. The van der Waals surface area contributed by atoms with Crippen LogP contribution in [0.25, 0.3) is 0 Å². The number of carbonyl (C=O) groups is 1. The van der Waals surface area contributed by atoms with Gasteiger partial charge in [0.15, 0.2) is 0 Å². The van der Waals surface area contributed by atoms with Crippen molar-refractivity contribution < 1.29 is 13.6 Å². The predicted octanol–water partition coefficient (Wildman–Crippen LogP) is 2.60. The van der Waals surface area contributed by atoms with E-state index in [1.54, 1.807) is 0 Å². The molecule has 118 valence electrons. The van der Waals surface area contributed by atoms with E-state index in [1.165, 1.54) is 18.2 Å². The minimum Gasteiger partial charge on any atom is -0.355 e. The Hall–Kier alpha value is -1.49. The fourth-order valence-corrected chi connectivity index (χ4v) is 1.96. The van der Waals surface area contributed by atoms with Crippen LogP contribution in [0, 0.1) is 17.6 Å². The number of amides is 1. The lowest BCUT2D eigenvalue weighted by Gasteiger charge is -2.17. The summed E-state index contributed by atoms with van der Waals surface area (Å²) >= 11 is 0. The molecule has 0 unspecified atom stereocenters. The molecule has 5 heteroatoms. The second-order valence-corrected chi connectivity index (χ2v) is 5.72. The lowest BCUT2D eigenvalue weighted by molar-refractivity contribution is -0.121. The van der Waals surface area contributed by atoms with Gasteiger partial charge >= 0.3 is 0 Å². The monoisotopic (exact) mass is 298 g/mol. The van der Waals surface area contributed by atoms with Gasteiger partial charge in [0.1, 0.15) is 11.6 Å². The molecule has 0 atom stereocenters. The van der Waals surface area contributed by atoms with E-state index >= 15 is 0 Å². The zero-order chi connectivity index (χ0) is 15.8. The molecule has 0 aliphatic carbocycles. The van der Waals surface area contributed by atoms with Crippen molar-refractivity contribution in [3.05, 3.63) is 35.4 Å². The minimum atomic E-state index is -0.571. The van der Waals surface area contributed by atoms with Gasteiger partial charge in [0.2, 0.25) is 5.91 Å². The first-order valence-corrected chi connectivity index (χ1v) is 7.28. The molecule has 3 nitrogen and oxygen atoms in total. The molecule has 1 rings (SSSR count). The topological polar surface area (TPSA) is 32.3 Å². The molecule has 0 radical (unpaired) electrons. The second kappa shape index (κ2) is 8.72. The van der Waals surface area contributed by atoms with Crippen LogP contribution < -0.4 is 5.32 Å². The second-order valence-electron chi connectivity index (χ2n) is 5.72. The highest BCUT2D eigenvalue weighted by Crippen LogP contribution is 2.11. The summed E-state index contributed by atoms with van der Waals surface area (Å²) in [5.74, 6) is -0.672. The van der Waals surface area contributed by atoms with E-state index in [-0.39, 0.29) is 24.4 Å². The van der Waals surface area contributed by atoms with Crippen molar-refractivity contribution in [2.45, 2.75) is 26.7 Å². The van der Waals surface area contributed by atoms with Gasteiger partial charge in [0, 0.05) is 12.1 Å². The minimum absolute atomic E-state index is 0.0194. The Kier molecular flexibility index (Phi) is 7.29. The smallest absolute Gasteiger partial charge is 0.234 e. The van der Waals surface area contributed by atoms with Crippen molar-refractivity contribution in [3.8, 4) is 0 Å². The molecule has 0 spiro atoms. The molecule has 1 N–H and O–H groups in total. The Balaban J connectivity index is 2.30. The summed E-state index contributed by atoms with van der Waals surface area (Å²) in [6, 6.07) is 3.77. The molecule has 1 aromatic rings. The lowest BCUT2D eigenvalue weighted by Crippen LogP contribution is -2.36. The first-order chi connectivity index (χ1) is 9.90. The highest BCUT2D eigenvalue weighted by atomic mass is 19.1. The van der Waals surface area contributed by atoms with Crippen LogP contribution in [0.4, 0.5) is 8.78 Å². The van der Waals surface area contributed by atoms with Crippen LogP contribution in [0.3, 0.4) is 0 Å². The number of hydrogen-bond acceptors (Lipinski definition) is 2. The third kappa shape index (κ3) is 6.67. The summed E-state index contributed by atoms with van der Waals surface area (Å²) in [4.78, 5) is 13.7. The van der Waals surface area contributed by atoms with Gasteiger partial charge in [-0.15, -0.1) is 0 Å². The Bertz CT molecular complexity index is 443. The van der Waals surface area contributed by atoms with Crippen molar-refractivity contribution in [3.63, 3.8) is 0 Å². The van der Waals surface area contributed by atoms with Crippen LogP contribution in [0.5, 0.6) is 0 Å². The van der Waals surface area contributed by atoms with Gasteiger partial charge in [0.05, 0.1) is 6.54 Å². The van der Waals surface area contributed by atoms with Gasteiger partial charge in [-0.2, -0.15) is 0 Å². The molecule has 1 amide bonds. The van der Waals surface area contributed by atoms with Crippen LogP contribution >= 0.6 is 0 Å². The number of halogens is 2. The molecule has 21 heavy (non-hydrogen) atoms. The van der Waals surface area contributed by atoms with E-state index < -0.39 is 11.6 Å². The maximum atomic E-state index is 13.4. The van der Waals surface area contributed by atoms with Gasteiger partial charge in [-0.3, -0.25) is 9.69 Å². The summed E-state index contributed by atoms with van der Waals surface area (Å²) in [6.45, 7) is 5.65. The van der Waals surface area contributed by atoms with Crippen molar-refractivity contribution in [1.82, 2.24) is 10.2 Å². The van der Waals surface area contributed by atoms with Crippen LogP contribution in [0.2, 0.25) is 0 Å². The fraction of sp³-hybridized carbons (Fsp3) is 0.562. The van der Waals surface area contributed by atoms with Gasteiger partial charge < -0.3 is 5.32 Å². The molecule has 0 bridgehead atoms. The number of nitrogens with one attached hydrogen (secondary N) is 1. The Morgan fingerprint density at radius 3 is 2.48 bits per heavy atom. The molecule has 0 saturated carbocycles. The zero-order valence-electron chi connectivity index (χ0n) is 13.0. The average Bonchev–Trinajstić information content (AvgIpc) is 2.40. The van der Waals surface area contributed by atoms with E-state index in [0.717, 1.165) is 13.0 Å². The first kappa shape index (κ1) is 17.6. The van der Waals surface area contributed by atoms with Crippen molar-refractivity contribution in [2.24, 2.45) is 5.92 Å². The van der Waals surface area contributed by atoms with E-state index in [0.29, 0.717) is 12.5 Å². The van der Waals surface area contributed by atoms with Gasteiger partial charge in [-0.05, 0) is 44.5 Å². The van der Waals surface area contributed by atoms with Crippen molar-refractivity contribution in [2.75, 3.05) is 26.7 Å². The van der Waals surface area contributed by atoms with E-state index in [4.69, 9.17) is 0 Å². The number of benzene rings is 1. The van der Waals surface area contributed by atoms with Crippen molar-refractivity contribution >= 4 is 5.91 Å². The van der Waals surface area contributed by atoms with Crippen LogP contribution in [0.15, 0.2) is 18.2 Å². The normalized spacial score (nSPS) is 11.2. The molecule has 0 aliphatic heterocycles. The Morgan fingerprint density at radius 2 is 1.90 bits per heavy atom. The lowest BCUT2D eigenvalue weighted by atomic mass is 10.1. The van der Waals surface area contributed by atoms with E-state index in [9.17, 15) is 13.6 Å². The molecule has 0 fully saturated rings. The summed E-state index contributed by atoms with van der Waals surface area (Å²) in [5.41, 5.74) is 0.0194. The van der Waals surface area contributed by atoms with Crippen LogP contribution in [-0.4, -0.2) is 37.5 Å². The summed E-state index contributed by atoms with van der Waals surface area (Å²) in [7, 11) is 1.89. The molecule has 1 aromatic carbocycles. The predicted molar refractivity (Wildman–Crippen MR) is 80.0 cm³/mol. The standard InChI is InChI=1S/C16H24F2N2O/c1-12(2)8-10-20(3)11-16(21)19-9-7-13-14(17)5-4-6-15(13)18/h4-6,12H,7-11H2,1-3H3,(H,19,21). The van der Waals surface area contributed by atoms with Gasteiger partial charge in [-0.25, -0.2) is 8.78 Å². The van der Waals surface area contributed by atoms with E-state index in [2.05, 4.69) is 19.2 Å². The number of rotatable bonds is 8.